The van der Waals surface area contributed by atoms with Crippen LogP contribution >= 0.6 is 0 Å². The van der Waals surface area contributed by atoms with Crippen LogP contribution < -0.4 is 4.74 Å². The number of nitrogens with zero attached hydrogens (tertiary/aromatic N) is 1. The van der Waals surface area contributed by atoms with Crippen LogP contribution in [0.25, 0.3) is 0 Å². The van der Waals surface area contributed by atoms with Crippen LogP contribution in [0.5, 0.6) is 5.75 Å². The molecule has 1 aromatic rings. The van der Waals surface area contributed by atoms with Crippen molar-refractivity contribution in [3.05, 3.63) is 29.8 Å². The predicted molar refractivity (Wildman–Crippen MR) is 82.0 cm³/mol. The number of aliphatic hydroxyl groups is 1. The van der Waals surface area contributed by atoms with Crippen molar-refractivity contribution in [2.75, 3.05) is 26.2 Å². The molecule has 1 aliphatic rings. The summed E-state index contributed by atoms with van der Waals surface area (Å²) in [4.78, 5) is 2.45. The van der Waals surface area contributed by atoms with Crippen molar-refractivity contribution in [1.82, 2.24) is 4.90 Å². The molecule has 0 spiro atoms. The number of piperidine rings is 1. The van der Waals surface area contributed by atoms with Crippen LogP contribution in [0.2, 0.25) is 0 Å². The first-order chi connectivity index (χ1) is 9.55. The lowest BCUT2D eigenvalue weighted by molar-refractivity contribution is -0.0297. The Labute approximate surface area is 122 Å². The highest BCUT2D eigenvalue weighted by Gasteiger charge is 2.36. The van der Waals surface area contributed by atoms with Crippen molar-refractivity contribution in [2.24, 2.45) is 5.92 Å². The largest absolute Gasteiger partial charge is 0.493 e. The first-order valence-corrected chi connectivity index (χ1v) is 7.72. The summed E-state index contributed by atoms with van der Waals surface area (Å²) < 4.78 is 5.67. The minimum Gasteiger partial charge on any atom is -0.493 e. The molecule has 1 aromatic carbocycles. The van der Waals surface area contributed by atoms with Crippen LogP contribution in [0.4, 0.5) is 0 Å². The van der Waals surface area contributed by atoms with Gasteiger partial charge in [0.25, 0.3) is 0 Å². The second-order valence-corrected chi connectivity index (χ2v) is 6.16. The van der Waals surface area contributed by atoms with Gasteiger partial charge in [-0.3, -0.25) is 0 Å². The van der Waals surface area contributed by atoms with Gasteiger partial charge >= 0.3 is 0 Å². The molecule has 0 aromatic heterocycles. The molecule has 0 amide bonds. The predicted octanol–water partition coefficient (Wildman–Crippen LogP) is 3.02. The van der Waals surface area contributed by atoms with E-state index in [2.05, 4.69) is 18.7 Å². The van der Waals surface area contributed by atoms with Gasteiger partial charge in [-0.2, -0.15) is 0 Å². The summed E-state index contributed by atoms with van der Waals surface area (Å²) in [7, 11) is 0. The Bertz CT molecular complexity index is 423. The zero-order valence-corrected chi connectivity index (χ0v) is 12.9. The summed E-state index contributed by atoms with van der Waals surface area (Å²) in [5, 5.41) is 11.0. The third kappa shape index (κ3) is 3.53. The molecular formula is C17H27NO2. The molecule has 3 nitrogen and oxygen atoms in total. The molecule has 1 heterocycles. The maximum absolute atomic E-state index is 11.0. The molecule has 0 saturated carbocycles. The molecule has 2 rings (SSSR count). The highest BCUT2D eigenvalue weighted by atomic mass is 16.5. The molecular weight excluding hydrogens is 250 g/mol. The van der Waals surface area contributed by atoms with Gasteiger partial charge in [0.1, 0.15) is 5.75 Å². The van der Waals surface area contributed by atoms with Gasteiger partial charge in [0.05, 0.1) is 12.2 Å². The van der Waals surface area contributed by atoms with E-state index < -0.39 is 5.60 Å². The van der Waals surface area contributed by atoms with Crippen molar-refractivity contribution < 1.29 is 9.84 Å². The number of likely N-dealkylation sites (tertiary alicyclic amines) is 1. The number of para-hydroxylation sites is 1. The summed E-state index contributed by atoms with van der Waals surface area (Å²) >= 11 is 0. The maximum atomic E-state index is 11.0. The Morgan fingerprint density at radius 2 is 1.90 bits per heavy atom. The third-order valence-electron chi connectivity index (χ3n) is 3.99. The van der Waals surface area contributed by atoms with Gasteiger partial charge in [-0.25, -0.2) is 0 Å². The number of hydrogen-bond donors (Lipinski definition) is 1. The van der Waals surface area contributed by atoms with E-state index in [1.54, 1.807) is 0 Å². The second-order valence-electron chi connectivity index (χ2n) is 6.16. The fraction of sp³-hybridized carbons (Fsp3) is 0.647. The first kappa shape index (κ1) is 15.3. The lowest BCUT2D eigenvalue weighted by atomic mass is 9.83. The zero-order chi connectivity index (χ0) is 14.6. The molecule has 0 unspecified atom stereocenters. The molecule has 1 aliphatic heterocycles. The standard InChI is InChI=1S/C17H27NO2/c1-4-20-16-8-6-5-7-15(16)17(19)9-11-18(12-10-17)13-14(2)3/h5-8,14,19H,4,9-13H2,1-3H3. The average molecular weight is 277 g/mol. The van der Waals surface area contributed by atoms with Gasteiger partial charge in [-0.1, -0.05) is 32.0 Å². The zero-order valence-electron chi connectivity index (χ0n) is 12.9. The number of ether oxygens (including phenoxy) is 1. The van der Waals surface area contributed by atoms with Gasteiger partial charge in [0, 0.05) is 25.2 Å². The minimum atomic E-state index is -0.737. The summed E-state index contributed by atoms with van der Waals surface area (Å²) in [6, 6.07) is 7.91. The Kier molecular flexibility index (Phi) is 5.06. The van der Waals surface area contributed by atoms with E-state index >= 15 is 0 Å². The van der Waals surface area contributed by atoms with E-state index in [1.807, 2.05) is 31.2 Å². The first-order valence-electron chi connectivity index (χ1n) is 7.72. The van der Waals surface area contributed by atoms with Crippen LogP contribution in [0.1, 0.15) is 39.2 Å². The molecule has 112 valence electrons. The molecule has 0 atom stereocenters. The van der Waals surface area contributed by atoms with Gasteiger partial charge < -0.3 is 14.7 Å². The van der Waals surface area contributed by atoms with Crippen LogP contribution in [-0.2, 0) is 5.60 Å². The fourth-order valence-electron chi connectivity index (χ4n) is 3.02. The molecule has 1 fully saturated rings. The Hall–Kier alpha value is -1.06. The summed E-state index contributed by atoms with van der Waals surface area (Å²) in [6.45, 7) is 10.1. The summed E-state index contributed by atoms with van der Waals surface area (Å²) in [5.74, 6) is 1.51. The van der Waals surface area contributed by atoms with Crippen molar-refractivity contribution in [2.45, 2.75) is 39.2 Å². The lowest BCUT2D eigenvalue weighted by Crippen LogP contribution is -2.43. The van der Waals surface area contributed by atoms with Crippen LogP contribution in [-0.4, -0.2) is 36.2 Å². The van der Waals surface area contributed by atoms with Crippen LogP contribution in [0.3, 0.4) is 0 Å². The van der Waals surface area contributed by atoms with Crippen molar-refractivity contribution in [3.8, 4) is 5.75 Å². The van der Waals surface area contributed by atoms with Crippen molar-refractivity contribution in [1.29, 1.82) is 0 Å². The highest BCUT2D eigenvalue weighted by Crippen LogP contribution is 2.38. The Morgan fingerprint density at radius 1 is 1.25 bits per heavy atom. The van der Waals surface area contributed by atoms with Gasteiger partial charge in [0.15, 0.2) is 0 Å². The summed E-state index contributed by atoms with van der Waals surface area (Å²) in [6.07, 6.45) is 1.56. The monoisotopic (exact) mass is 277 g/mol. The van der Waals surface area contributed by atoms with E-state index in [0.717, 1.165) is 43.8 Å². The van der Waals surface area contributed by atoms with Crippen molar-refractivity contribution in [3.63, 3.8) is 0 Å². The van der Waals surface area contributed by atoms with Crippen LogP contribution in [0.15, 0.2) is 24.3 Å². The van der Waals surface area contributed by atoms with E-state index in [4.69, 9.17) is 4.74 Å². The van der Waals surface area contributed by atoms with Gasteiger partial charge in [0.2, 0.25) is 0 Å². The Balaban J connectivity index is 2.09. The van der Waals surface area contributed by atoms with Crippen LogP contribution in [0, 0.1) is 5.92 Å². The molecule has 20 heavy (non-hydrogen) atoms. The van der Waals surface area contributed by atoms with E-state index in [0.29, 0.717) is 12.5 Å². The molecule has 0 radical (unpaired) electrons. The molecule has 1 N–H and O–H groups in total. The van der Waals surface area contributed by atoms with Gasteiger partial charge in [-0.15, -0.1) is 0 Å². The second kappa shape index (κ2) is 6.59. The van der Waals surface area contributed by atoms with Crippen molar-refractivity contribution >= 4 is 0 Å². The molecule has 0 bridgehead atoms. The summed E-state index contributed by atoms with van der Waals surface area (Å²) in [5.41, 5.74) is 0.213. The number of hydrogen-bond acceptors (Lipinski definition) is 3. The number of rotatable bonds is 5. The Morgan fingerprint density at radius 3 is 2.50 bits per heavy atom. The van der Waals surface area contributed by atoms with E-state index in [1.165, 1.54) is 0 Å². The minimum absolute atomic E-state index is 0.632. The third-order valence-corrected chi connectivity index (χ3v) is 3.99. The smallest absolute Gasteiger partial charge is 0.125 e. The highest BCUT2D eigenvalue weighted by molar-refractivity contribution is 5.38. The number of benzene rings is 1. The molecule has 3 heteroatoms. The average Bonchev–Trinajstić information content (AvgIpc) is 2.42. The molecule has 1 saturated heterocycles. The van der Waals surface area contributed by atoms with Gasteiger partial charge in [-0.05, 0) is 31.7 Å². The van der Waals surface area contributed by atoms with E-state index in [9.17, 15) is 5.11 Å². The fourth-order valence-corrected chi connectivity index (χ4v) is 3.02. The lowest BCUT2D eigenvalue weighted by Gasteiger charge is -2.39. The maximum Gasteiger partial charge on any atom is 0.125 e. The quantitative estimate of drug-likeness (QED) is 0.898. The van der Waals surface area contributed by atoms with E-state index in [-0.39, 0.29) is 0 Å². The topological polar surface area (TPSA) is 32.7 Å². The normalized spacial score (nSPS) is 19.2. The molecule has 0 aliphatic carbocycles. The SMILES string of the molecule is CCOc1ccccc1C1(O)CCN(CC(C)C)CC1.